The molecule has 0 saturated carbocycles. The van der Waals surface area contributed by atoms with Gasteiger partial charge in [-0.1, -0.05) is 24.0 Å². The van der Waals surface area contributed by atoms with Crippen LogP contribution in [-0.4, -0.2) is 66.4 Å². The minimum Gasteiger partial charge on any atom is -0.379 e. The molecule has 1 saturated heterocycles. The summed E-state index contributed by atoms with van der Waals surface area (Å²) in [6.45, 7) is 4.85. The van der Waals surface area contributed by atoms with Crippen molar-refractivity contribution in [3.8, 4) is 0 Å². The highest BCUT2D eigenvalue weighted by Crippen LogP contribution is 2.32. The molecule has 2 amide bonds. The maximum absolute atomic E-state index is 11.9. The molecule has 2 N–H and O–H groups in total. The molecule has 8 heteroatoms. The van der Waals surface area contributed by atoms with Crippen LogP contribution < -0.4 is 10.6 Å². The molecular formula is C14H18N4O2S2. The second-order valence-electron chi connectivity index (χ2n) is 5.08. The molecule has 2 heterocycles. The molecular weight excluding hydrogens is 320 g/mol. The van der Waals surface area contributed by atoms with Gasteiger partial charge in [-0.25, -0.2) is 9.79 Å². The normalized spacial score (nSPS) is 24.5. The van der Waals surface area contributed by atoms with Crippen LogP contribution in [0.5, 0.6) is 0 Å². The van der Waals surface area contributed by atoms with Gasteiger partial charge >= 0.3 is 6.03 Å². The number of hydrogen-bond donors (Lipinski definition) is 2. The summed E-state index contributed by atoms with van der Waals surface area (Å²) >= 11 is 6.64. The summed E-state index contributed by atoms with van der Waals surface area (Å²) in [4.78, 5) is 20.4. The fourth-order valence-electron chi connectivity index (χ4n) is 2.35. The molecule has 3 aliphatic rings. The van der Waals surface area contributed by atoms with Crippen LogP contribution in [0.15, 0.2) is 28.1 Å². The van der Waals surface area contributed by atoms with Gasteiger partial charge in [0.1, 0.15) is 0 Å². The van der Waals surface area contributed by atoms with Crippen molar-refractivity contribution in [1.29, 1.82) is 0 Å². The fourth-order valence-corrected chi connectivity index (χ4v) is 3.62. The Bertz CT molecular complexity index is 553. The Morgan fingerprint density at radius 1 is 1.45 bits per heavy atom. The SMILES string of the molecule is O=C(NCCN1CCOCC1)NC1N=C2C=CC(=S)C=C2S1. The Kier molecular flexibility index (Phi) is 5.24. The highest BCUT2D eigenvalue weighted by molar-refractivity contribution is 8.05. The first-order valence-corrected chi connectivity index (χ1v) is 8.52. The average Bonchev–Trinajstić information content (AvgIpc) is 2.89. The molecule has 3 rings (SSSR count). The Labute approximate surface area is 139 Å². The topological polar surface area (TPSA) is 66.0 Å². The van der Waals surface area contributed by atoms with Crippen LogP contribution in [-0.2, 0) is 4.74 Å². The standard InChI is InChI=1S/C14H18N4O2S2/c19-13(15-3-4-18-5-7-20-8-6-18)17-14-16-11-2-1-10(21)9-12(11)22-14/h1-2,9,14H,3-8H2,(H2,15,17,19). The van der Waals surface area contributed by atoms with Gasteiger partial charge < -0.3 is 15.4 Å². The monoisotopic (exact) mass is 338 g/mol. The minimum atomic E-state index is -0.282. The lowest BCUT2D eigenvalue weighted by molar-refractivity contribution is 0.0387. The number of hydrogen-bond acceptors (Lipinski definition) is 6. The van der Waals surface area contributed by atoms with Crippen LogP contribution in [0.4, 0.5) is 4.79 Å². The van der Waals surface area contributed by atoms with E-state index in [4.69, 9.17) is 17.0 Å². The van der Waals surface area contributed by atoms with Crippen molar-refractivity contribution in [2.75, 3.05) is 39.4 Å². The molecule has 6 nitrogen and oxygen atoms in total. The van der Waals surface area contributed by atoms with E-state index in [1.165, 1.54) is 11.8 Å². The van der Waals surface area contributed by atoms with Crippen molar-refractivity contribution < 1.29 is 9.53 Å². The number of nitrogens with zero attached hydrogens (tertiary/aromatic N) is 2. The molecule has 0 aromatic rings. The number of morpholine rings is 1. The average molecular weight is 338 g/mol. The molecule has 0 spiro atoms. The van der Waals surface area contributed by atoms with Crippen LogP contribution in [0.1, 0.15) is 0 Å². The van der Waals surface area contributed by atoms with Gasteiger partial charge in [-0.3, -0.25) is 4.90 Å². The second kappa shape index (κ2) is 7.36. The molecule has 1 fully saturated rings. The zero-order valence-electron chi connectivity index (χ0n) is 12.1. The summed E-state index contributed by atoms with van der Waals surface area (Å²) in [5.74, 6) is 0. The van der Waals surface area contributed by atoms with E-state index in [-0.39, 0.29) is 11.5 Å². The van der Waals surface area contributed by atoms with Gasteiger partial charge in [-0.2, -0.15) is 0 Å². The molecule has 2 aliphatic heterocycles. The zero-order valence-corrected chi connectivity index (χ0v) is 13.7. The van der Waals surface area contributed by atoms with E-state index in [1.54, 1.807) is 0 Å². The third-order valence-corrected chi connectivity index (χ3v) is 4.78. The summed E-state index contributed by atoms with van der Waals surface area (Å²) in [6.07, 6.45) is 5.66. The number of thiocarbonyl (C=S) groups is 1. The van der Waals surface area contributed by atoms with Gasteiger partial charge in [-0.05, 0) is 18.2 Å². The van der Waals surface area contributed by atoms with E-state index in [0.29, 0.717) is 6.54 Å². The number of rotatable bonds is 4. The smallest absolute Gasteiger partial charge is 0.317 e. The Morgan fingerprint density at radius 3 is 3.09 bits per heavy atom. The van der Waals surface area contributed by atoms with E-state index in [2.05, 4.69) is 20.5 Å². The molecule has 0 radical (unpaired) electrons. The quantitative estimate of drug-likeness (QED) is 0.746. The number of fused-ring (bicyclic) bond motifs is 1. The highest BCUT2D eigenvalue weighted by atomic mass is 32.2. The van der Waals surface area contributed by atoms with Gasteiger partial charge in [0.15, 0.2) is 5.50 Å². The first kappa shape index (κ1) is 15.7. The molecule has 118 valence electrons. The number of nitrogens with one attached hydrogen (secondary N) is 2. The first-order valence-electron chi connectivity index (χ1n) is 7.24. The molecule has 22 heavy (non-hydrogen) atoms. The van der Waals surface area contributed by atoms with Crippen molar-refractivity contribution in [3.63, 3.8) is 0 Å². The largest absolute Gasteiger partial charge is 0.379 e. The Morgan fingerprint density at radius 2 is 2.27 bits per heavy atom. The number of carbonyl (C=O) groups excluding carboxylic acids is 1. The first-order chi connectivity index (χ1) is 10.7. The van der Waals surface area contributed by atoms with E-state index in [0.717, 1.165) is 48.3 Å². The van der Waals surface area contributed by atoms with Crippen LogP contribution in [0.25, 0.3) is 0 Å². The summed E-state index contributed by atoms with van der Waals surface area (Å²) in [6, 6.07) is -0.194. The summed E-state index contributed by atoms with van der Waals surface area (Å²) in [5.41, 5.74) is 0.604. The van der Waals surface area contributed by atoms with Crippen LogP contribution >= 0.6 is 24.0 Å². The molecule has 1 unspecified atom stereocenters. The fraction of sp³-hybridized carbons (Fsp3) is 0.500. The van der Waals surface area contributed by atoms with Gasteiger partial charge in [0, 0.05) is 35.9 Å². The lowest BCUT2D eigenvalue weighted by atomic mass is 10.2. The summed E-state index contributed by atoms with van der Waals surface area (Å²) in [5, 5.41) is 5.72. The number of ether oxygens (including phenoxy) is 1. The number of urea groups is 1. The lowest BCUT2D eigenvalue weighted by Crippen LogP contribution is -2.45. The highest BCUT2D eigenvalue weighted by Gasteiger charge is 2.25. The van der Waals surface area contributed by atoms with Crippen LogP contribution in [0.3, 0.4) is 0 Å². The van der Waals surface area contributed by atoms with E-state index < -0.39 is 0 Å². The molecule has 0 aromatic carbocycles. The van der Waals surface area contributed by atoms with E-state index >= 15 is 0 Å². The maximum Gasteiger partial charge on any atom is 0.317 e. The van der Waals surface area contributed by atoms with Crippen molar-refractivity contribution in [2.24, 2.45) is 4.99 Å². The molecule has 1 atom stereocenters. The minimum absolute atomic E-state index is 0.194. The maximum atomic E-state index is 11.9. The lowest BCUT2D eigenvalue weighted by Gasteiger charge is -2.26. The zero-order chi connectivity index (χ0) is 15.4. The Balaban J connectivity index is 1.39. The molecule has 1 aliphatic carbocycles. The number of allylic oxidation sites excluding steroid dienone is 4. The van der Waals surface area contributed by atoms with Crippen molar-refractivity contribution in [3.05, 3.63) is 23.1 Å². The summed E-state index contributed by atoms with van der Waals surface area (Å²) in [7, 11) is 0. The van der Waals surface area contributed by atoms with Crippen LogP contribution in [0.2, 0.25) is 0 Å². The van der Waals surface area contributed by atoms with Crippen molar-refractivity contribution in [1.82, 2.24) is 15.5 Å². The number of carbonyl (C=O) groups is 1. The predicted octanol–water partition coefficient (Wildman–Crippen LogP) is 0.913. The van der Waals surface area contributed by atoms with Gasteiger partial charge in [0.25, 0.3) is 0 Å². The third kappa shape index (κ3) is 4.16. The van der Waals surface area contributed by atoms with Gasteiger partial charge in [-0.15, -0.1) is 0 Å². The van der Waals surface area contributed by atoms with E-state index in [1.807, 2.05) is 18.2 Å². The number of aliphatic imine (C=N–C) groups is 1. The number of amides is 2. The van der Waals surface area contributed by atoms with Crippen LogP contribution in [0, 0.1) is 0 Å². The number of thioether (sulfide) groups is 1. The van der Waals surface area contributed by atoms with Crippen molar-refractivity contribution in [2.45, 2.75) is 5.50 Å². The third-order valence-electron chi connectivity index (χ3n) is 3.50. The Hall–Kier alpha value is -1.22. The second-order valence-corrected chi connectivity index (χ2v) is 6.68. The van der Waals surface area contributed by atoms with Crippen molar-refractivity contribution >= 4 is 40.6 Å². The summed E-state index contributed by atoms with van der Waals surface area (Å²) < 4.78 is 5.29. The van der Waals surface area contributed by atoms with Gasteiger partial charge in [0.05, 0.1) is 18.9 Å². The van der Waals surface area contributed by atoms with E-state index in [9.17, 15) is 4.79 Å². The molecule has 0 aromatic heterocycles. The predicted molar refractivity (Wildman–Crippen MR) is 92.4 cm³/mol. The van der Waals surface area contributed by atoms with Gasteiger partial charge in [0.2, 0.25) is 0 Å². The molecule has 0 bridgehead atoms.